The Kier molecular flexibility index (Phi) is 8.09. The summed E-state index contributed by atoms with van der Waals surface area (Å²) < 4.78 is 5.30. The molecule has 0 aliphatic heterocycles. The molecule has 0 spiro atoms. The van der Waals surface area contributed by atoms with Crippen molar-refractivity contribution >= 4 is 23.7 Å². The van der Waals surface area contributed by atoms with E-state index in [4.69, 9.17) is 21.4 Å². The van der Waals surface area contributed by atoms with Gasteiger partial charge in [-0.15, -0.1) is 0 Å². The number of carbonyl (C=O) groups is 1. The number of ether oxygens (including phenoxy) is 1. The topological polar surface area (TPSA) is 132 Å². The molecule has 0 bridgehead atoms. The first-order valence-corrected chi connectivity index (χ1v) is 7.53. The molecule has 134 valence electrons. The quantitative estimate of drug-likeness (QED) is 0.316. The summed E-state index contributed by atoms with van der Waals surface area (Å²) in [5.74, 6) is -0.0904. The van der Waals surface area contributed by atoms with Crippen molar-refractivity contribution in [3.63, 3.8) is 0 Å². The smallest absolute Gasteiger partial charge is 0.277 e. The van der Waals surface area contributed by atoms with Crippen LogP contribution in [0.25, 0.3) is 0 Å². The summed E-state index contributed by atoms with van der Waals surface area (Å²) in [6.45, 7) is 2.73. The molecule has 0 aliphatic carbocycles. The van der Waals surface area contributed by atoms with Crippen LogP contribution in [0.2, 0.25) is 5.02 Å². The van der Waals surface area contributed by atoms with Gasteiger partial charge >= 0.3 is 0 Å². The minimum atomic E-state index is -1.64. The highest BCUT2D eigenvalue weighted by Gasteiger charge is 2.27. The average Bonchev–Trinajstić information content (AvgIpc) is 2.52. The molecule has 4 atom stereocenters. The number of halogens is 1. The Morgan fingerprint density at radius 2 is 2.00 bits per heavy atom. The van der Waals surface area contributed by atoms with Crippen LogP contribution in [-0.2, 0) is 4.79 Å². The van der Waals surface area contributed by atoms with Gasteiger partial charge in [-0.3, -0.25) is 4.79 Å². The number of benzene rings is 1. The second-order valence-electron chi connectivity index (χ2n) is 5.22. The molecule has 0 fully saturated rings. The Bertz CT molecular complexity index is 581. The van der Waals surface area contributed by atoms with E-state index in [1.165, 1.54) is 6.92 Å². The lowest BCUT2D eigenvalue weighted by molar-refractivity contribution is -0.123. The Labute approximate surface area is 144 Å². The van der Waals surface area contributed by atoms with Crippen molar-refractivity contribution in [2.24, 2.45) is 5.10 Å². The third kappa shape index (κ3) is 6.42. The van der Waals surface area contributed by atoms with E-state index < -0.39 is 30.3 Å². The maximum atomic E-state index is 11.6. The van der Waals surface area contributed by atoms with Gasteiger partial charge in [-0.2, -0.15) is 5.10 Å². The van der Waals surface area contributed by atoms with Crippen LogP contribution in [0, 0.1) is 6.92 Å². The number of hydrogen-bond donors (Lipinski definition) is 5. The summed E-state index contributed by atoms with van der Waals surface area (Å²) in [5.41, 5.74) is 2.87. The fourth-order valence-electron chi connectivity index (χ4n) is 1.71. The van der Waals surface area contributed by atoms with E-state index >= 15 is 0 Å². The fourth-order valence-corrected chi connectivity index (χ4v) is 1.94. The van der Waals surface area contributed by atoms with Crippen molar-refractivity contribution in [1.82, 2.24) is 5.43 Å². The molecule has 0 aromatic heterocycles. The fraction of sp³-hybridized carbons (Fsp3) is 0.467. The average molecular weight is 361 g/mol. The molecule has 1 rings (SSSR count). The lowest BCUT2D eigenvalue weighted by atomic mass is 10.1. The molecular formula is C15H21ClN2O6. The van der Waals surface area contributed by atoms with Crippen molar-refractivity contribution in [2.45, 2.75) is 38.3 Å². The van der Waals surface area contributed by atoms with E-state index in [9.17, 15) is 20.1 Å². The van der Waals surface area contributed by atoms with Crippen LogP contribution in [0.1, 0.15) is 12.5 Å². The van der Waals surface area contributed by atoms with E-state index in [0.717, 1.165) is 11.8 Å². The number of amides is 1. The number of nitrogens with zero attached hydrogens (tertiary/aromatic N) is 1. The molecule has 0 radical (unpaired) electrons. The standard InChI is InChI=1S/C15H21ClN2O6/c1-8-5-10(16)3-4-12(8)24-7-13(21)18-17-6-11(20)15(23)14(22)9(2)19/h3-6,9,11,14-15,19-20,22-23H,7H2,1-2H3,(H,18,21)/b17-6-/t9-,11+,14+,15+/m1/s1. The summed E-state index contributed by atoms with van der Waals surface area (Å²) >= 11 is 5.81. The second kappa shape index (κ2) is 9.55. The van der Waals surface area contributed by atoms with Gasteiger partial charge in [0.05, 0.1) is 12.3 Å². The van der Waals surface area contributed by atoms with E-state index in [1.54, 1.807) is 25.1 Å². The predicted octanol–water partition coefficient (Wildman–Crippen LogP) is -0.407. The second-order valence-corrected chi connectivity index (χ2v) is 5.66. The highest BCUT2D eigenvalue weighted by Crippen LogP contribution is 2.21. The van der Waals surface area contributed by atoms with Gasteiger partial charge in [0, 0.05) is 5.02 Å². The van der Waals surface area contributed by atoms with Gasteiger partial charge in [0.1, 0.15) is 24.1 Å². The molecule has 0 unspecified atom stereocenters. The van der Waals surface area contributed by atoms with Crippen LogP contribution < -0.4 is 10.2 Å². The van der Waals surface area contributed by atoms with Crippen molar-refractivity contribution in [1.29, 1.82) is 0 Å². The van der Waals surface area contributed by atoms with Crippen LogP contribution in [-0.4, -0.2) is 63.6 Å². The molecule has 0 saturated carbocycles. The molecule has 1 amide bonds. The highest BCUT2D eigenvalue weighted by molar-refractivity contribution is 6.30. The molecule has 8 nitrogen and oxygen atoms in total. The number of carbonyl (C=O) groups excluding carboxylic acids is 1. The van der Waals surface area contributed by atoms with E-state index in [1.807, 2.05) is 0 Å². The third-order valence-electron chi connectivity index (χ3n) is 3.11. The first kappa shape index (κ1) is 20.3. The van der Waals surface area contributed by atoms with Gasteiger partial charge in [0.25, 0.3) is 5.91 Å². The first-order chi connectivity index (χ1) is 11.2. The molecule has 0 saturated heterocycles. The predicted molar refractivity (Wildman–Crippen MR) is 88.0 cm³/mol. The maximum absolute atomic E-state index is 11.6. The van der Waals surface area contributed by atoms with Crippen LogP contribution >= 0.6 is 11.6 Å². The third-order valence-corrected chi connectivity index (χ3v) is 3.34. The van der Waals surface area contributed by atoms with Gasteiger partial charge in [0.15, 0.2) is 6.61 Å². The van der Waals surface area contributed by atoms with E-state index in [-0.39, 0.29) is 6.61 Å². The van der Waals surface area contributed by atoms with Crippen molar-refractivity contribution in [2.75, 3.05) is 6.61 Å². The van der Waals surface area contributed by atoms with Crippen LogP contribution in [0.4, 0.5) is 0 Å². The zero-order valence-electron chi connectivity index (χ0n) is 13.3. The van der Waals surface area contributed by atoms with Crippen LogP contribution in [0.3, 0.4) is 0 Å². The normalized spacial score (nSPS) is 16.5. The van der Waals surface area contributed by atoms with Crippen molar-refractivity contribution in [3.8, 4) is 5.75 Å². The molecule has 9 heteroatoms. The number of nitrogens with one attached hydrogen (secondary N) is 1. The monoisotopic (exact) mass is 360 g/mol. The summed E-state index contributed by atoms with van der Waals surface area (Å²) in [6, 6.07) is 4.95. The lowest BCUT2D eigenvalue weighted by Crippen LogP contribution is -2.44. The number of aliphatic hydroxyl groups is 4. The summed E-state index contributed by atoms with van der Waals surface area (Å²) in [6.07, 6.45) is -5.14. The summed E-state index contributed by atoms with van der Waals surface area (Å²) in [5, 5.41) is 41.6. The Hall–Kier alpha value is -1.71. The minimum absolute atomic E-state index is 0.311. The van der Waals surface area contributed by atoms with Crippen molar-refractivity contribution in [3.05, 3.63) is 28.8 Å². The molecule has 24 heavy (non-hydrogen) atoms. The molecule has 5 N–H and O–H groups in total. The zero-order valence-corrected chi connectivity index (χ0v) is 14.0. The molecule has 1 aromatic rings. The molecule has 0 aliphatic rings. The maximum Gasteiger partial charge on any atom is 0.277 e. The van der Waals surface area contributed by atoms with Crippen LogP contribution in [0.5, 0.6) is 5.75 Å². The zero-order chi connectivity index (χ0) is 18.3. The number of aryl methyl sites for hydroxylation is 1. The number of hydrogen-bond acceptors (Lipinski definition) is 7. The SMILES string of the molecule is Cc1cc(Cl)ccc1OCC(=O)N/N=C\[C@H](O)[C@H](O)[C@@H](O)[C@@H](C)O. The van der Waals surface area contributed by atoms with E-state index in [2.05, 4.69) is 10.5 Å². The van der Waals surface area contributed by atoms with Gasteiger partial charge in [0.2, 0.25) is 0 Å². The molecule has 0 heterocycles. The number of rotatable bonds is 8. The Morgan fingerprint density at radius 3 is 2.58 bits per heavy atom. The van der Waals surface area contributed by atoms with Crippen LogP contribution in [0.15, 0.2) is 23.3 Å². The number of aliphatic hydroxyl groups excluding tert-OH is 4. The largest absolute Gasteiger partial charge is 0.483 e. The van der Waals surface area contributed by atoms with Gasteiger partial charge in [-0.1, -0.05) is 11.6 Å². The lowest BCUT2D eigenvalue weighted by Gasteiger charge is -2.22. The minimum Gasteiger partial charge on any atom is -0.483 e. The highest BCUT2D eigenvalue weighted by atomic mass is 35.5. The molecular weight excluding hydrogens is 340 g/mol. The van der Waals surface area contributed by atoms with Crippen molar-refractivity contribution < 1.29 is 30.0 Å². The molecule has 1 aromatic carbocycles. The first-order valence-electron chi connectivity index (χ1n) is 7.15. The Balaban J connectivity index is 2.42. The van der Waals surface area contributed by atoms with Gasteiger partial charge in [-0.25, -0.2) is 5.43 Å². The van der Waals surface area contributed by atoms with Gasteiger partial charge < -0.3 is 25.2 Å². The number of hydrazone groups is 1. The summed E-state index contributed by atoms with van der Waals surface area (Å²) in [7, 11) is 0. The van der Waals surface area contributed by atoms with Gasteiger partial charge in [-0.05, 0) is 37.6 Å². The van der Waals surface area contributed by atoms with E-state index in [0.29, 0.717) is 10.8 Å². The summed E-state index contributed by atoms with van der Waals surface area (Å²) in [4.78, 5) is 11.6. The Morgan fingerprint density at radius 1 is 1.33 bits per heavy atom.